The predicted molar refractivity (Wildman–Crippen MR) is 90.2 cm³/mol. The molecule has 0 saturated carbocycles. The highest BCUT2D eigenvalue weighted by molar-refractivity contribution is 6.31. The summed E-state index contributed by atoms with van der Waals surface area (Å²) in [6.45, 7) is 5.32. The molecule has 1 saturated heterocycles. The first-order valence-electron chi connectivity index (χ1n) is 7.69. The molecule has 0 spiro atoms. The normalized spacial score (nSPS) is 18.5. The van der Waals surface area contributed by atoms with Gasteiger partial charge in [-0.25, -0.2) is 4.98 Å². The molecular weight excluding hydrogens is 296 g/mol. The van der Waals surface area contributed by atoms with Crippen molar-refractivity contribution in [3.63, 3.8) is 0 Å². The van der Waals surface area contributed by atoms with E-state index >= 15 is 0 Å². The number of hydrogen-bond acceptors (Lipinski definition) is 4. The van der Waals surface area contributed by atoms with Crippen LogP contribution in [0.3, 0.4) is 0 Å². The van der Waals surface area contributed by atoms with Crippen molar-refractivity contribution < 1.29 is 0 Å². The van der Waals surface area contributed by atoms with Crippen molar-refractivity contribution in [1.82, 2.24) is 9.88 Å². The van der Waals surface area contributed by atoms with E-state index in [2.05, 4.69) is 28.2 Å². The maximum Gasteiger partial charge on any atom is 0.128 e. The first-order chi connectivity index (χ1) is 10.7. The van der Waals surface area contributed by atoms with Crippen LogP contribution >= 0.6 is 11.6 Å². The van der Waals surface area contributed by atoms with Gasteiger partial charge in [0.25, 0.3) is 0 Å². The van der Waals surface area contributed by atoms with Crippen molar-refractivity contribution in [1.29, 1.82) is 5.26 Å². The van der Waals surface area contributed by atoms with Gasteiger partial charge in [-0.15, -0.1) is 0 Å². The Labute approximate surface area is 135 Å². The second-order valence-corrected chi connectivity index (χ2v) is 6.07. The van der Waals surface area contributed by atoms with Gasteiger partial charge >= 0.3 is 0 Å². The highest BCUT2D eigenvalue weighted by Crippen LogP contribution is 2.24. The fourth-order valence-corrected chi connectivity index (χ4v) is 3.32. The third kappa shape index (κ3) is 3.01. The van der Waals surface area contributed by atoms with E-state index < -0.39 is 0 Å². The fraction of sp³-hybridized carbons (Fsp3) is 0.412. The van der Waals surface area contributed by atoms with Crippen molar-refractivity contribution in [2.24, 2.45) is 0 Å². The fourth-order valence-electron chi connectivity index (χ4n) is 3.15. The summed E-state index contributed by atoms with van der Waals surface area (Å²) >= 11 is 6.01. The zero-order valence-corrected chi connectivity index (χ0v) is 13.4. The lowest BCUT2D eigenvalue weighted by molar-refractivity contribution is 0.277. The molecule has 2 heterocycles. The minimum atomic E-state index is 0.554. The Hall–Kier alpha value is -1.83. The number of nitrogens with one attached hydrogen (secondary N) is 1. The van der Waals surface area contributed by atoms with E-state index in [1.165, 1.54) is 19.4 Å². The van der Waals surface area contributed by atoms with Crippen molar-refractivity contribution >= 4 is 28.3 Å². The van der Waals surface area contributed by atoms with E-state index in [9.17, 15) is 5.26 Å². The topological polar surface area (TPSA) is 52.0 Å². The average molecular weight is 315 g/mol. The molecule has 0 amide bonds. The number of fused-ring (bicyclic) bond motifs is 1. The lowest BCUT2D eigenvalue weighted by Gasteiger charge is -2.23. The van der Waals surface area contributed by atoms with Crippen LogP contribution in [0.2, 0.25) is 5.02 Å². The van der Waals surface area contributed by atoms with Gasteiger partial charge in [0.2, 0.25) is 0 Å². The Morgan fingerprint density at radius 1 is 1.45 bits per heavy atom. The van der Waals surface area contributed by atoms with Crippen LogP contribution in [0.5, 0.6) is 0 Å². The molecule has 1 unspecified atom stereocenters. The number of nitriles is 1. The molecule has 1 aromatic carbocycles. The van der Waals surface area contributed by atoms with Crippen LogP contribution in [0.15, 0.2) is 24.3 Å². The summed E-state index contributed by atoms with van der Waals surface area (Å²) in [5.41, 5.74) is 1.40. The van der Waals surface area contributed by atoms with Gasteiger partial charge in [0.15, 0.2) is 0 Å². The SMILES string of the molecule is CCN1CCCC1CNc1cc(C#N)c2cc(Cl)ccc2n1. The Balaban J connectivity index is 1.82. The van der Waals surface area contributed by atoms with E-state index in [0.29, 0.717) is 16.6 Å². The zero-order chi connectivity index (χ0) is 15.5. The molecule has 1 aliphatic heterocycles. The first kappa shape index (κ1) is 15.1. The Morgan fingerprint density at radius 2 is 2.32 bits per heavy atom. The van der Waals surface area contributed by atoms with Crippen LogP contribution in [0.4, 0.5) is 5.82 Å². The van der Waals surface area contributed by atoms with Crippen molar-refractivity contribution in [3.8, 4) is 6.07 Å². The van der Waals surface area contributed by atoms with Gasteiger partial charge in [-0.05, 0) is 50.2 Å². The third-order valence-electron chi connectivity index (χ3n) is 4.32. The van der Waals surface area contributed by atoms with Crippen LogP contribution in [0, 0.1) is 11.3 Å². The molecule has 5 heteroatoms. The van der Waals surface area contributed by atoms with E-state index in [0.717, 1.165) is 29.8 Å². The van der Waals surface area contributed by atoms with Crippen molar-refractivity contribution in [3.05, 3.63) is 34.9 Å². The Morgan fingerprint density at radius 3 is 3.09 bits per heavy atom. The monoisotopic (exact) mass is 314 g/mol. The second-order valence-electron chi connectivity index (χ2n) is 5.63. The lowest BCUT2D eigenvalue weighted by Crippen LogP contribution is -2.34. The number of nitrogens with zero attached hydrogens (tertiary/aromatic N) is 3. The summed E-state index contributed by atoms with van der Waals surface area (Å²) in [5.74, 6) is 0.759. The van der Waals surface area contributed by atoms with Gasteiger partial charge in [-0.2, -0.15) is 5.26 Å². The molecule has 1 aliphatic rings. The summed E-state index contributed by atoms with van der Waals surface area (Å²) in [6.07, 6.45) is 2.47. The molecule has 114 valence electrons. The van der Waals surface area contributed by atoms with Crippen LogP contribution in [-0.4, -0.2) is 35.6 Å². The number of aromatic nitrogens is 1. The largest absolute Gasteiger partial charge is 0.368 e. The second kappa shape index (κ2) is 6.51. The van der Waals surface area contributed by atoms with E-state index in [1.54, 1.807) is 12.1 Å². The number of likely N-dealkylation sites (N-methyl/N-ethyl adjacent to an activating group) is 1. The van der Waals surface area contributed by atoms with Gasteiger partial charge in [-0.3, -0.25) is 4.90 Å². The minimum absolute atomic E-state index is 0.554. The van der Waals surface area contributed by atoms with Crippen molar-refractivity contribution in [2.75, 3.05) is 25.0 Å². The van der Waals surface area contributed by atoms with Crippen LogP contribution in [0.1, 0.15) is 25.3 Å². The highest BCUT2D eigenvalue weighted by atomic mass is 35.5. The Bertz CT molecular complexity index is 722. The van der Waals surface area contributed by atoms with Gasteiger partial charge in [0.1, 0.15) is 5.82 Å². The molecule has 1 fully saturated rings. The Kier molecular flexibility index (Phi) is 4.47. The van der Waals surface area contributed by atoms with Crippen molar-refractivity contribution in [2.45, 2.75) is 25.8 Å². The molecule has 22 heavy (non-hydrogen) atoms. The van der Waals surface area contributed by atoms with Gasteiger partial charge < -0.3 is 5.32 Å². The summed E-state index contributed by atoms with van der Waals surface area (Å²) in [4.78, 5) is 7.08. The van der Waals surface area contributed by atoms with E-state index in [-0.39, 0.29) is 0 Å². The van der Waals surface area contributed by atoms with Gasteiger partial charge in [-0.1, -0.05) is 18.5 Å². The molecule has 1 atom stereocenters. The molecule has 3 rings (SSSR count). The molecular formula is C17H19ClN4. The maximum absolute atomic E-state index is 9.35. The summed E-state index contributed by atoms with van der Waals surface area (Å²) in [5, 5.41) is 14.2. The quantitative estimate of drug-likeness (QED) is 0.935. The lowest BCUT2D eigenvalue weighted by atomic mass is 10.1. The molecule has 0 radical (unpaired) electrons. The van der Waals surface area contributed by atoms with E-state index in [1.807, 2.05) is 12.1 Å². The van der Waals surface area contributed by atoms with Crippen LogP contribution < -0.4 is 5.32 Å². The van der Waals surface area contributed by atoms with Crippen LogP contribution in [0.25, 0.3) is 10.9 Å². The molecule has 4 nitrogen and oxygen atoms in total. The highest BCUT2D eigenvalue weighted by Gasteiger charge is 2.22. The molecule has 0 aliphatic carbocycles. The number of benzene rings is 1. The third-order valence-corrected chi connectivity index (χ3v) is 4.55. The number of pyridine rings is 1. The molecule has 2 aromatic rings. The number of rotatable bonds is 4. The smallest absolute Gasteiger partial charge is 0.128 e. The summed E-state index contributed by atoms with van der Waals surface area (Å²) < 4.78 is 0. The first-order valence-corrected chi connectivity index (χ1v) is 8.07. The minimum Gasteiger partial charge on any atom is -0.368 e. The molecule has 1 N–H and O–H groups in total. The maximum atomic E-state index is 9.35. The van der Waals surface area contributed by atoms with E-state index in [4.69, 9.17) is 11.6 Å². The number of halogens is 1. The summed E-state index contributed by atoms with van der Waals surface area (Å²) in [7, 11) is 0. The predicted octanol–water partition coefficient (Wildman–Crippen LogP) is 3.66. The zero-order valence-electron chi connectivity index (χ0n) is 12.6. The molecule has 1 aromatic heterocycles. The number of likely N-dealkylation sites (tertiary alicyclic amines) is 1. The van der Waals surface area contributed by atoms with Gasteiger partial charge in [0.05, 0.1) is 17.1 Å². The van der Waals surface area contributed by atoms with Gasteiger partial charge in [0, 0.05) is 23.0 Å². The average Bonchev–Trinajstić information content (AvgIpc) is 2.99. The number of anilines is 1. The van der Waals surface area contributed by atoms with Crippen LogP contribution in [-0.2, 0) is 0 Å². The molecule has 0 bridgehead atoms. The standard InChI is InChI=1S/C17H19ClN4/c1-2-22-7-3-4-14(22)11-20-17-8-12(10-19)15-9-13(18)5-6-16(15)21-17/h5-6,8-9,14H,2-4,7,11H2,1H3,(H,20,21). The summed E-state index contributed by atoms with van der Waals surface area (Å²) in [6, 6.07) is 10.1. The number of hydrogen-bond donors (Lipinski definition) is 1.